The molecule has 1 aliphatic heterocycles. The lowest BCUT2D eigenvalue weighted by atomic mass is 10.0. The van der Waals surface area contributed by atoms with Crippen LogP contribution in [0.15, 0.2) is 42.9 Å². The van der Waals surface area contributed by atoms with Crippen LogP contribution in [0.25, 0.3) is 0 Å². The molecule has 0 radical (unpaired) electrons. The summed E-state index contributed by atoms with van der Waals surface area (Å²) in [6.45, 7) is 3.86. The highest BCUT2D eigenvalue weighted by molar-refractivity contribution is 5.14. The molecule has 0 amide bonds. The van der Waals surface area contributed by atoms with E-state index in [1.807, 2.05) is 12.5 Å². The van der Waals surface area contributed by atoms with E-state index in [2.05, 4.69) is 44.8 Å². The second-order valence-electron chi connectivity index (χ2n) is 5.51. The van der Waals surface area contributed by atoms with Gasteiger partial charge in [-0.1, -0.05) is 30.3 Å². The van der Waals surface area contributed by atoms with Crippen molar-refractivity contribution in [3.8, 4) is 0 Å². The average Bonchev–Trinajstić information content (AvgIpc) is 2.97. The van der Waals surface area contributed by atoms with Gasteiger partial charge in [-0.3, -0.25) is 4.90 Å². The molecule has 1 fully saturated rings. The molecule has 1 atom stereocenters. The van der Waals surface area contributed by atoms with Crippen molar-refractivity contribution in [3.63, 3.8) is 0 Å². The van der Waals surface area contributed by atoms with Gasteiger partial charge in [-0.05, 0) is 24.9 Å². The fourth-order valence-electron chi connectivity index (χ4n) is 3.06. The van der Waals surface area contributed by atoms with E-state index in [9.17, 15) is 0 Å². The summed E-state index contributed by atoms with van der Waals surface area (Å²) in [4.78, 5) is 6.77. The summed E-state index contributed by atoms with van der Waals surface area (Å²) < 4.78 is 2.26. The summed E-state index contributed by atoms with van der Waals surface area (Å²) >= 11 is 0. The Morgan fingerprint density at radius 2 is 2.10 bits per heavy atom. The molecule has 4 nitrogen and oxygen atoms in total. The maximum Gasteiger partial charge on any atom is 0.0951 e. The van der Waals surface area contributed by atoms with Crippen molar-refractivity contribution < 1.29 is 0 Å². The van der Waals surface area contributed by atoms with Gasteiger partial charge in [-0.15, -0.1) is 0 Å². The van der Waals surface area contributed by atoms with E-state index in [0.29, 0.717) is 12.6 Å². The highest BCUT2D eigenvalue weighted by Gasteiger charge is 2.22. The average molecular weight is 270 g/mol. The first kappa shape index (κ1) is 13.3. The summed E-state index contributed by atoms with van der Waals surface area (Å²) in [6, 6.07) is 11.2. The molecular weight excluding hydrogens is 248 g/mol. The minimum atomic E-state index is 0.508. The quantitative estimate of drug-likeness (QED) is 0.926. The number of rotatable bonds is 4. The number of piperidine rings is 1. The molecule has 20 heavy (non-hydrogen) atoms. The smallest absolute Gasteiger partial charge is 0.0951 e. The van der Waals surface area contributed by atoms with Gasteiger partial charge in [0, 0.05) is 31.9 Å². The van der Waals surface area contributed by atoms with Gasteiger partial charge in [-0.25, -0.2) is 4.98 Å². The molecule has 1 aromatic heterocycles. The van der Waals surface area contributed by atoms with Crippen LogP contribution < -0.4 is 5.73 Å². The van der Waals surface area contributed by atoms with Crippen LogP contribution in [0.5, 0.6) is 0 Å². The van der Waals surface area contributed by atoms with Crippen molar-refractivity contribution in [3.05, 3.63) is 54.1 Å². The fourth-order valence-corrected chi connectivity index (χ4v) is 3.06. The first-order chi connectivity index (χ1) is 9.86. The molecule has 3 rings (SSSR count). The van der Waals surface area contributed by atoms with Crippen LogP contribution in [-0.2, 0) is 13.1 Å². The number of benzene rings is 1. The molecule has 0 bridgehead atoms. The lowest BCUT2D eigenvalue weighted by Crippen LogP contribution is -2.36. The molecule has 1 aliphatic rings. The van der Waals surface area contributed by atoms with Crippen molar-refractivity contribution in [1.82, 2.24) is 14.5 Å². The summed E-state index contributed by atoms with van der Waals surface area (Å²) in [5.74, 6) is 0. The minimum absolute atomic E-state index is 0.508. The number of nitrogens with two attached hydrogens (primary N) is 1. The van der Waals surface area contributed by atoms with Gasteiger partial charge in [0.2, 0.25) is 0 Å². The van der Waals surface area contributed by atoms with Crippen molar-refractivity contribution in [2.45, 2.75) is 32.0 Å². The highest BCUT2D eigenvalue weighted by atomic mass is 15.2. The second-order valence-corrected chi connectivity index (χ2v) is 5.51. The van der Waals surface area contributed by atoms with Gasteiger partial charge in [0.05, 0.1) is 12.0 Å². The van der Waals surface area contributed by atoms with Crippen LogP contribution in [-0.4, -0.2) is 27.5 Å². The van der Waals surface area contributed by atoms with Crippen LogP contribution in [0.2, 0.25) is 0 Å². The van der Waals surface area contributed by atoms with E-state index in [4.69, 9.17) is 5.73 Å². The van der Waals surface area contributed by atoms with Gasteiger partial charge in [0.15, 0.2) is 0 Å². The molecule has 106 valence electrons. The molecule has 0 spiro atoms. The lowest BCUT2D eigenvalue weighted by Gasteiger charge is -2.34. The molecule has 1 saturated heterocycles. The maximum atomic E-state index is 5.79. The Labute approximate surface area is 120 Å². The Morgan fingerprint density at radius 3 is 2.90 bits per heavy atom. The van der Waals surface area contributed by atoms with Gasteiger partial charge in [0.25, 0.3) is 0 Å². The first-order valence-electron chi connectivity index (χ1n) is 7.34. The molecule has 0 aliphatic carbocycles. The lowest BCUT2D eigenvalue weighted by molar-refractivity contribution is 0.168. The predicted octanol–water partition coefficient (Wildman–Crippen LogP) is 2.18. The van der Waals surface area contributed by atoms with Crippen LogP contribution in [0, 0.1) is 0 Å². The van der Waals surface area contributed by atoms with Crippen LogP contribution >= 0.6 is 0 Å². The van der Waals surface area contributed by atoms with Gasteiger partial charge < -0.3 is 10.3 Å². The van der Waals surface area contributed by atoms with Crippen molar-refractivity contribution >= 4 is 0 Å². The van der Waals surface area contributed by atoms with Crippen molar-refractivity contribution in [2.24, 2.45) is 5.73 Å². The SMILES string of the molecule is NCc1cncn1C1CCCN(Cc2ccccc2)C1. The Balaban J connectivity index is 1.68. The van der Waals surface area contributed by atoms with E-state index in [1.165, 1.54) is 24.9 Å². The third-order valence-corrected chi connectivity index (χ3v) is 4.08. The van der Waals surface area contributed by atoms with Crippen LogP contribution in [0.1, 0.15) is 30.1 Å². The molecule has 0 saturated carbocycles. The molecule has 2 aromatic rings. The number of likely N-dealkylation sites (tertiary alicyclic amines) is 1. The third kappa shape index (κ3) is 2.92. The zero-order valence-electron chi connectivity index (χ0n) is 11.8. The second kappa shape index (κ2) is 6.20. The third-order valence-electron chi connectivity index (χ3n) is 4.08. The Morgan fingerprint density at radius 1 is 1.25 bits per heavy atom. The maximum absolute atomic E-state index is 5.79. The monoisotopic (exact) mass is 270 g/mol. The van der Waals surface area contributed by atoms with Crippen LogP contribution in [0.4, 0.5) is 0 Å². The number of hydrogen-bond donors (Lipinski definition) is 1. The fraction of sp³-hybridized carbons (Fsp3) is 0.438. The van der Waals surface area contributed by atoms with E-state index in [-0.39, 0.29) is 0 Å². The first-order valence-corrected chi connectivity index (χ1v) is 7.34. The molecule has 2 N–H and O–H groups in total. The number of nitrogens with zero attached hydrogens (tertiary/aromatic N) is 3. The number of hydrogen-bond acceptors (Lipinski definition) is 3. The van der Waals surface area contributed by atoms with E-state index in [0.717, 1.165) is 18.8 Å². The Bertz CT molecular complexity index is 534. The van der Waals surface area contributed by atoms with Gasteiger partial charge in [0.1, 0.15) is 0 Å². The summed E-state index contributed by atoms with van der Waals surface area (Å²) in [5.41, 5.74) is 8.31. The normalized spacial score (nSPS) is 20.1. The van der Waals surface area contributed by atoms with E-state index in [1.54, 1.807) is 0 Å². The van der Waals surface area contributed by atoms with Gasteiger partial charge in [-0.2, -0.15) is 0 Å². The molecule has 4 heteroatoms. The van der Waals surface area contributed by atoms with Crippen molar-refractivity contribution in [2.75, 3.05) is 13.1 Å². The van der Waals surface area contributed by atoms with E-state index >= 15 is 0 Å². The number of aromatic nitrogens is 2. The molecule has 1 aromatic carbocycles. The zero-order chi connectivity index (χ0) is 13.8. The Hall–Kier alpha value is -1.65. The van der Waals surface area contributed by atoms with E-state index < -0.39 is 0 Å². The zero-order valence-corrected chi connectivity index (χ0v) is 11.8. The summed E-state index contributed by atoms with van der Waals surface area (Å²) in [5, 5.41) is 0. The molecular formula is C16H22N4. The minimum Gasteiger partial charge on any atom is -0.329 e. The Kier molecular flexibility index (Phi) is 4.14. The van der Waals surface area contributed by atoms with Gasteiger partial charge >= 0.3 is 0 Å². The number of imidazole rings is 1. The largest absolute Gasteiger partial charge is 0.329 e. The standard InChI is InChI=1S/C16H22N4/c17-9-16-10-18-13-20(16)15-7-4-8-19(12-15)11-14-5-2-1-3-6-14/h1-3,5-6,10,13,15H,4,7-9,11-12,17H2. The summed E-state index contributed by atoms with van der Waals surface area (Å²) in [6.07, 6.45) is 6.27. The molecule has 1 unspecified atom stereocenters. The van der Waals surface area contributed by atoms with Crippen molar-refractivity contribution in [1.29, 1.82) is 0 Å². The molecule has 2 heterocycles. The van der Waals surface area contributed by atoms with Crippen LogP contribution in [0.3, 0.4) is 0 Å². The predicted molar refractivity (Wildman–Crippen MR) is 80.1 cm³/mol. The topological polar surface area (TPSA) is 47.1 Å². The summed E-state index contributed by atoms with van der Waals surface area (Å²) in [7, 11) is 0. The highest BCUT2D eigenvalue weighted by Crippen LogP contribution is 2.24.